The average molecular weight is 395 g/mol. The minimum Gasteiger partial charge on any atom is -0.298 e. The summed E-state index contributed by atoms with van der Waals surface area (Å²) in [5, 5.41) is 0.563. The molecule has 0 aliphatic heterocycles. The van der Waals surface area contributed by atoms with Gasteiger partial charge < -0.3 is 0 Å². The first-order valence-electron chi connectivity index (χ1n) is 10.5. The summed E-state index contributed by atoms with van der Waals surface area (Å²) < 4.78 is 0. The lowest BCUT2D eigenvalue weighted by Crippen LogP contribution is -2.51. The maximum Gasteiger partial charge on any atom is 0.147 e. The molecule has 2 heteroatoms. The first kappa shape index (κ1) is 17.6. The van der Waals surface area contributed by atoms with Gasteiger partial charge in [0.05, 0.1) is 5.33 Å². The zero-order valence-corrected chi connectivity index (χ0v) is 17.4. The number of hydrogen-bond acceptors (Lipinski definition) is 1. The van der Waals surface area contributed by atoms with Gasteiger partial charge >= 0.3 is 0 Å². The van der Waals surface area contributed by atoms with Gasteiger partial charge in [-0.2, -0.15) is 0 Å². The van der Waals surface area contributed by atoms with Gasteiger partial charge in [0.2, 0.25) is 0 Å². The summed E-state index contributed by atoms with van der Waals surface area (Å²) in [6.07, 6.45) is 11.1. The Morgan fingerprint density at radius 3 is 2.46 bits per heavy atom. The second-order valence-corrected chi connectivity index (χ2v) is 10.7. The van der Waals surface area contributed by atoms with Crippen LogP contribution in [0.4, 0.5) is 0 Å². The molecule has 4 aliphatic rings. The standard InChI is InChI=1S/C22H35BrO/c1-13-4-5-15-16-8-9-22(3)19(6-7-20(22)21(24)12-23)18(16)11-14(2)17(15)10-13/h13-20H,4-12H2,1-3H3. The van der Waals surface area contributed by atoms with Crippen molar-refractivity contribution < 1.29 is 4.79 Å². The van der Waals surface area contributed by atoms with E-state index in [1.54, 1.807) is 0 Å². The molecule has 1 nitrogen and oxygen atoms in total. The average Bonchev–Trinajstić information content (AvgIpc) is 2.92. The summed E-state index contributed by atoms with van der Waals surface area (Å²) in [6.45, 7) is 7.50. The van der Waals surface area contributed by atoms with Crippen LogP contribution in [-0.4, -0.2) is 11.1 Å². The van der Waals surface area contributed by atoms with Crippen molar-refractivity contribution in [2.75, 3.05) is 5.33 Å². The van der Waals surface area contributed by atoms with E-state index in [2.05, 4.69) is 36.7 Å². The van der Waals surface area contributed by atoms with E-state index in [4.69, 9.17) is 0 Å². The summed E-state index contributed by atoms with van der Waals surface area (Å²) in [7, 11) is 0. The maximum absolute atomic E-state index is 12.5. The van der Waals surface area contributed by atoms with Gasteiger partial charge in [0.25, 0.3) is 0 Å². The van der Waals surface area contributed by atoms with Crippen molar-refractivity contribution in [2.24, 2.45) is 52.8 Å². The van der Waals surface area contributed by atoms with Gasteiger partial charge in [0, 0.05) is 5.92 Å². The van der Waals surface area contributed by atoms with Crippen LogP contribution in [0.1, 0.15) is 72.1 Å². The highest BCUT2D eigenvalue weighted by atomic mass is 79.9. The van der Waals surface area contributed by atoms with Crippen molar-refractivity contribution in [3.63, 3.8) is 0 Å². The molecule has 4 fully saturated rings. The van der Waals surface area contributed by atoms with Crippen molar-refractivity contribution in [3.8, 4) is 0 Å². The number of Topliss-reactive ketones (excluding diaryl/α,β-unsaturated/α-hetero) is 1. The van der Waals surface area contributed by atoms with Gasteiger partial charge in [-0.1, -0.05) is 43.1 Å². The molecule has 0 aromatic rings. The molecule has 4 saturated carbocycles. The molecule has 0 amide bonds. The van der Waals surface area contributed by atoms with E-state index >= 15 is 0 Å². The van der Waals surface area contributed by atoms with Gasteiger partial charge in [-0.25, -0.2) is 0 Å². The summed E-state index contributed by atoms with van der Waals surface area (Å²) in [5.74, 6) is 7.40. The normalized spacial score (nSPS) is 53.8. The second-order valence-electron chi connectivity index (χ2n) is 10.2. The molecule has 136 valence electrons. The van der Waals surface area contributed by atoms with E-state index in [0.717, 1.165) is 47.8 Å². The molecule has 4 aliphatic carbocycles. The molecule has 0 bridgehead atoms. The van der Waals surface area contributed by atoms with E-state index in [-0.39, 0.29) is 0 Å². The Balaban J connectivity index is 1.58. The Morgan fingerprint density at radius 1 is 0.958 bits per heavy atom. The molecular weight excluding hydrogens is 360 g/mol. The van der Waals surface area contributed by atoms with Crippen molar-refractivity contribution in [1.82, 2.24) is 0 Å². The van der Waals surface area contributed by atoms with Crippen molar-refractivity contribution in [3.05, 3.63) is 0 Å². The summed E-state index contributed by atoms with van der Waals surface area (Å²) >= 11 is 3.45. The van der Waals surface area contributed by atoms with Crippen LogP contribution in [0.15, 0.2) is 0 Å². The highest BCUT2D eigenvalue weighted by molar-refractivity contribution is 9.09. The number of ketones is 1. The fourth-order valence-electron chi connectivity index (χ4n) is 8.05. The predicted molar refractivity (Wildman–Crippen MR) is 103 cm³/mol. The highest BCUT2D eigenvalue weighted by Gasteiger charge is 2.58. The zero-order valence-electron chi connectivity index (χ0n) is 15.8. The summed E-state index contributed by atoms with van der Waals surface area (Å²) in [5.41, 5.74) is 0.306. The van der Waals surface area contributed by atoms with Gasteiger partial charge in [-0.05, 0) is 91.8 Å². The maximum atomic E-state index is 12.5. The van der Waals surface area contributed by atoms with Gasteiger partial charge in [0.1, 0.15) is 5.78 Å². The van der Waals surface area contributed by atoms with Crippen LogP contribution in [0, 0.1) is 52.8 Å². The third-order valence-corrected chi connectivity index (χ3v) is 9.71. The third-order valence-electron chi connectivity index (χ3n) is 9.15. The second kappa shape index (κ2) is 6.39. The number of carbonyl (C=O) groups excluding carboxylic acids is 1. The molecule has 0 saturated heterocycles. The largest absolute Gasteiger partial charge is 0.298 e. The topological polar surface area (TPSA) is 17.1 Å². The lowest BCUT2D eigenvalue weighted by atomic mass is 9.47. The lowest BCUT2D eigenvalue weighted by Gasteiger charge is -2.58. The van der Waals surface area contributed by atoms with Crippen molar-refractivity contribution >= 4 is 21.7 Å². The lowest BCUT2D eigenvalue weighted by molar-refractivity contribution is -0.129. The van der Waals surface area contributed by atoms with Crippen LogP contribution in [0.5, 0.6) is 0 Å². The number of halogens is 1. The fraction of sp³-hybridized carbons (Fsp3) is 0.955. The van der Waals surface area contributed by atoms with Crippen LogP contribution in [0.3, 0.4) is 0 Å². The number of alkyl halides is 1. The Morgan fingerprint density at radius 2 is 1.71 bits per heavy atom. The monoisotopic (exact) mass is 394 g/mol. The molecule has 0 aromatic carbocycles. The molecule has 0 N–H and O–H groups in total. The van der Waals surface area contributed by atoms with Crippen LogP contribution < -0.4 is 0 Å². The van der Waals surface area contributed by atoms with Crippen molar-refractivity contribution in [1.29, 1.82) is 0 Å². The SMILES string of the molecule is CC1CCC2C(C1)C(C)CC1C2CCC2(C)C(C(=O)CBr)CCC12. The molecular formula is C22H35BrO. The van der Waals surface area contributed by atoms with E-state index in [1.165, 1.54) is 44.9 Å². The van der Waals surface area contributed by atoms with Crippen molar-refractivity contribution in [2.45, 2.75) is 72.1 Å². The van der Waals surface area contributed by atoms with Gasteiger partial charge in [-0.3, -0.25) is 4.79 Å². The highest BCUT2D eigenvalue weighted by Crippen LogP contribution is 2.65. The van der Waals surface area contributed by atoms with Crippen LogP contribution in [0.25, 0.3) is 0 Å². The first-order valence-corrected chi connectivity index (χ1v) is 11.7. The zero-order chi connectivity index (χ0) is 17.1. The molecule has 24 heavy (non-hydrogen) atoms. The molecule has 0 heterocycles. The Bertz CT molecular complexity index is 502. The fourth-order valence-corrected chi connectivity index (χ4v) is 8.44. The molecule has 9 atom stereocenters. The number of fused-ring (bicyclic) bond motifs is 5. The molecule has 4 rings (SSSR count). The predicted octanol–water partition coefficient (Wildman–Crippen LogP) is 6.10. The number of rotatable bonds is 2. The molecule has 0 aromatic heterocycles. The quantitative estimate of drug-likeness (QED) is 0.516. The van der Waals surface area contributed by atoms with E-state index in [9.17, 15) is 4.79 Å². The molecule has 0 radical (unpaired) electrons. The van der Waals surface area contributed by atoms with E-state index < -0.39 is 0 Å². The smallest absolute Gasteiger partial charge is 0.147 e. The van der Waals surface area contributed by atoms with Gasteiger partial charge in [-0.15, -0.1) is 0 Å². The Labute approximate surface area is 156 Å². The number of hydrogen-bond donors (Lipinski definition) is 0. The van der Waals surface area contributed by atoms with E-state index in [1.807, 2.05) is 0 Å². The van der Waals surface area contributed by atoms with Crippen LogP contribution >= 0.6 is 15.9 Å². The van der Waals surface area contributed by atoms with Gasteiger partial charge in [0.15, 0.2) is 0 Å². The Kier molecular flexibility index (Phi) is 4.68. The first-order chi connectivity index (χ1) is 11.5. The molecule has 0 spiro atoms. The molecule has 9 unspecified atom stereocenters. The van der Waals surface area contributed by atoms with Crippen LogP contribution in [-0.2, 0) is 4.79 Å². The minimum atomic E-state index is 0.306. The summed E-state index contributed by atoms with van der Waals surface area (Å²) in [6, 6.07) is 0. The van der Waals surface area contributed by atoms with Crippen LogP contribution in [0.2, 0.25) is 0 Å². The minimum absolute atomic E-state index is 0.306. The summed E-state index contributed by atoms with van der Waals surface area (Å²) in [4.78, 5) is 12.5. The Hall–Kier alpha value is 0.150. The third kappa shape index (κ3) is 2.57. The van der Waals surface area contributed by atoms with E-state index in [0.29, 0.717) is 22.4 Å². The number of carbonyl (C=O) groups is 1.